The molecule has 1 amide bonds. The number of nitrogens with one attached hydrogen (secondary N) is 1. The fourth-order valence-corrected chi connectivity index (χ4v) is 3.60. The maximum absolute atomic E-state index is 12.6. The van der Waals surface area contributed by atoms with E-state index >= 15 is 0 Å². The Labute approximate surface area is 148 Å². The van der Waals surface area contributed by atoms with Gasteiger partial charge in [0, 0.05) is 25.5 Å². The minimum atomic E-state index is -0.0570. The highest BCUT2D eigenvalue weighted by molar-refractivity contribution is 7.12. The minimum Gasteiger partial charge on any atom is -0.399 e. The highest BCUT2D eigenvalue weighted by Gasteiger charge is 2.29. The van der Waals surface area contributed by atoms with Gasteiger partial charge < -0.3 is 20.9 Å². The number of nitrogen functional groups attached to an aromatic ring is 1. The van der Waals surface area contributed by atoms with E-state index in [4.69, 9.17) is 5.73 Å². The third-order valence-corrected chi connectivity index (χ3v) is 4.99. The molecule has 0 radical (unpaired) electrons. The molecule has 0 bridgehead atoms. The Balaban J connectivity index is 1.76. The summed E-state index contributed by atoms with van der Waals surface area (Å²) in [6.45, 7) is 0. The van der Waals surface area contributed by atoms with Gasteiger partial charge >= 0.3 is 0 Å². The Hall–Kier alpha value is -3.13. The lowest BCUT2D eigenvalue weighted by Crippen LogP contribution is -2.25. The van der Waals surface area contributed by atoms with Crippen molar-refractivity contribution in [2.24, 2.45) is 0 Å². The van der Waals surface area contributed by atoms with Gasteiger partial charge in [0.2, 0.25) is 5.95 Å². The van der Waals surface area contributed by atoms with Gasteiger partial charge in [0.05, 0.1) is 11.9 Å². The van der Waals surface area contributed by atoms with Crippen LogP contribution in [0.25, 0.3) is 0 Å². The number of fused-ring (bicyclic) bond motifs is 2. The first-order valence-corrected chi connectivity index (χ1v) is 8.51. The molecule has 0 atom stereocenters. The topological polar surface area (TPSA) is 87.4 Å². The molecule has 1 aliphatic heterocycles. The summed E-state index contributed by atoms with van der Waals surface area (Å²) in [5, 5.41) is 5.07. The standard InChI is InChI=1S/C17H16N6OS/c1-22-12-7-8-25-14(12)16(24)23(2)13-9-19-17(21-15(13)22)20-11-5-3-10(18)4-6-11/h3-9H,18H2,1-2H3,(H,19,20,21). The summed E-state index contributed by atoms with van der Waals surface area (Å²) in [6.07, 6.45) is 1.66. The van der Waals surface area contributed by atoms with E-state index in [1.165, 1.54) is 11.3 Å². The first-order chi connectivity index (χ1) is 12.0. The van der Waals surface area contributed by atoms with E-state index in [1.54, 1.807) is 18.1 Å². The third kappa shape index (κ3) is 2.56. The van der Waals surface area contributed by atoms with E-state index in [-0.39, 0.29) is 5.91 Å². The van der Waals surface area contributed by atoms with Gasteiger partial charge in [0.15, 0.2) is 5.82 Å². The molecule has 1 aliphatic rings. The molecule has 7 nitrogen and oxygen atoms in total. The van der Waals surface area contributed by atoms with Crippen LogP contribution in [0, 0.1) is 0 Å². The second kappa shape index (κ2) is 5.75. The van der Waals surface area contributed by atoms with E-state index in [9.17, 15) is 4.79 Å². The molecule has 2 aromatic heterocycles. The SMILES string of the molecule is CN1C(=O)c2sccc2N(C)c2nc(Nc3ccc(N)cc3)ncc21. The fraction of sp³-hybridized carbons (Fsp3) is 0.118. The van der Waals surface area contributed by atoms with Crippen molar-refractivity contribution in [2.45, 2.75) is 0 Å². The molecule has 3 aromatic rings. The lowest BCUT2D eigenvalue weighted by atomic mass is 10.3. The van der Waals surface area contributed by atoms with Gasteiger partial charge in [-0.1, -0.05) is 0 Å². The summed E-state index contributed by atoms with van der Waals surface area (Å²) < 4.78 is 0. The molecule has 3 heterocycles. The van der Waals surface area contributed by atoms with Crippen molar-refractivity contribution in [3.63, 3.8) is 0 Å². The molecular weight excluding hydrogens is 336 g/mol. The molecule has 0 saturated heterocycles. The Bertz CT molecular complexity index is 952. The highest BCUT2D eigenvalue weighted by Crippen LogP contribution is 2.40. The van der Waals surface area contributed by atoms with E-state index < -0.39 is 0 Å². The van der Waals surface area contributed by atoms with Gasteiger partial charge in [0.1, 0.15) is 10.6 Å². The molecular formula is C17H16N6OS. The molecule has 126 valence electrons. The predicted octanol–water partition coefficient (Wildman–Crippen LogP) is 3.22. The number of carbonyl (C=O) groups is 1. The molecule has 3 N–H and O–H groups in total. The van der Waals surface area contributed by atoms with Crippen LogP contribution in [0.4, 0.5) is 34.5 Å². The van der Waals surface area contributed by atoms with Crippen LogP contribution in [0.2, 0.25) is 0 Å². The van der Waals surface area contributed by atoms with Crippen LogP contribution in [0.5, 0.6) is 0 Å². The molecule has 0 spiro atoms. The number of amides is 1. The van der Waals surface area contributed by atoms with E-state index in [0.717, 1.165) is 11.4 Å². The van der Waals surface area contributed by atoms with Crippen LogP contribution in [0.3, 0.4) is 0 Å². The third-order valence-electron chi connectivity index (χ3n) is 4.10. The zero-order valence-corrected chi connectivity index (χ0v) is 14.5. The zero-order valence-electron chi connectivity index (χ0n) is 13.7. The van der Waals surface area contributed by atoms with Crippen molar-refractivity contribution in [1.82, 2.24) is 9.97 Å². The summed E-state index contributed by atoms with van der Waals surface area (Å²) in [4.78, 5) is 25.8. The quantitative estimate of drug-likeness (QED) is 0.689. The van der Waals surface area contributed by atoms with Crippen molar-refractivity contribution in [3.8, 4) is 0 Å². The highest BCUT2D eigenvalue weighted by atomic mass is 32.1. The Morgan fingerprint density at radius 1 is 1.08 bits per heavy atom. The minimum absolute atomic E-state index is 0.0570. The van der Waals surface area contributed by atoms with Gasteiger partial charge in [-0.3, -0.25) is 4.79 Å². The van der Waals surface area contributed by atoms with Crippen molar-refractivity contribution in [2.75, 3.05) is 34.9 Å². The van der Waals surface area contributed by atoms with Crippen LogP contribution >= 0.6 is 11.3 Å². The fourth-order valence-electron chi connectivity index (χ4n) is 2.71. The van der Waals surface area contributed by atoms with Crippen molar-refractivity contribution < 1.29 is 4.79 Å². The largest absolute Gasteiger partial charge is 0.399 e. The average Bonchev–Trinajstić information content (AvgIpc) is 3.09. The number of anilines is 6. The molecule has 0 fully saturated rings. The number of hydrogen-bond donors (Lipinski definition) is 2. The van der Waals surface area contributed by atoms with Crippen LogP contribution in [-0.2, 0) is 0 Å². The van der Waals surface area contributed by atoms with Gasteiger partial charge in [0.25, 0.3) is 5.91 Å². The summed E-state index contributed by atoms with van der Waals surface area (Å²) >= 11 is 1.42. The van der Waals surface area contributed by atoms with E-state index in [0.29, 0.717) is 28.0 Å². The Morgan fingerprint density at radius 2 is 1.84 bits per heavy atom. The lowest BCUT2D eigenvalue weighted by Gasteiger charge is -2.20. The van der Waals surface area contributed by atoms with Crippen molar-refractivity contribution in [1.29, 1.82) is 0 Å². The predicted molar refractivity (Wildman–Crippen MR) is 101 cm³/mol. The van der Waals surface area contributed by atoms with Crippen molar-refractivity contribution in [3.05, 3.63) is 46.8 Å². The van der Waals surface area contributed by atoms with E-state index in [1.807, 2.05) is 47.7 Å². The number of benzene rings is 1. The monoisotopic (exact) mass is 352 g/mol. The number of nitrogens with two attached hydrogens (primary N) is 1. The van der Waals surface area contributed by atoms with E-state index in [2.05, 4.69) is 15.3 Å². The Morgan fingerprint density at radius 3 is 2.60 bits per heavy atom. The maximum atomic E-state index is 12.6. The second-order valence-electron chi connectivity index (χ2n) is 5.71. The average molecular weight is 352 g/mol. The second-order valence-corrected chi connectivity index (χ2v) is 6.62. The van der Waals surface area contributed by atoms with Crippen LogP contribution in [-0.4, -0.2) is 30.0 Å². The number of nitrogens with zero attached hydrogens (tertiary/aromatic N) is 4. The number of carbonyl (C=O) groups excluding carboxylic acids is 1. The van der Waals surface area contributed by atoms with Crippen LogP contribution in [0.15, 0.2) is 41.9 Å². The van der Waals surface area contributed by atoms with Gasteiger partial charge in [-0.15, -0.1) is 11.3 Å². The maximum Gasteiger partial charge on any atom is 0.270 e. The first kappa shape index (κ1) is 15.4. The molecule has 8 heteroatoms. The number of thiophene rings is 1. The summed E-state index contributed by atoms with van der Waals surface area (Å²) in [6, 6.07) is 9.27. The summed E-state index contributed by atoms with van der Waals surface area (Å²) in [7, 11) is 3.64. The number of rotatable bonds is 2. The van der Waals surface area contributed by atoms with Gasteiger partial charge in [-0.2, -0.15) is 4.98 Å². The zero-order chi connectivity index (χ0) is 17.6. The van der Waals surface area contributed by atoms with Crippen LogP contribution < -0.4 is 20.9 Å². The lowest BCUT2D eigenvalue weighted by molar-refractivity contribution is 0.0998. The molecule has 1 aromatic carbocycles. The van der Waals surface area contributed by atoms with Gasteiger partial charge in [-0.05, 0) is 35.7 Å². The summed E-state index contributed by atoms with van der Waals surface area (Å²) in [5.41, 5.74) is 8.75. The first-order valence-electron chi connectivity index (χ1n) is 7.63. The molecule has 0 aliphatic carbocycles. The normalized spacial score (nSPS) is 13.3. The number of aromatic nitrogens is 2. The van der Waals surface area contributed by atoms with Gasteiger partial charge in [-0.25, -0.2) is 4.98 Å². The van der Waals surface area contributed by atoms with Crippen molar-refractivity contribution >= 4 is 51.8 Å². The molecule has 25 heavy (non-hydrogen) atoms. The summed E-state index contributed by atoms with van der Waals surface area (Å²) in [5.74, 6) is 1.06. The molecule has 0 saturated carbocycles. The Kier molecular flexibility index (Phi) is 3.54. The van der Waals surface area contributed by atoms with Crippen LogP contribution in [0.1, 0.15) is 9.67 Å². The number of hydrogen-bond acceptors (Lipinski definition) is 7. The molecule has 4 rings (SSSR count). The smallest absolute Gasteiger partial charge is 0.270 e. The molecule has 0 unspecified atom stereocenters.